The van der Waals surface area contributed by atoms with Crippen molar-refractivity contribution in [1.29, 1.82) is 0 Å². The van der Waals surface area contributed by atoms with Crippen molar-refractivity contribution < 1.29 is 0 Å². The van der Waals surface area contributed by atoms with Crippen molar-refractivity contribution in [1.82, 2.24) is 5.32 Å². The van der Waals surface area contributed by atoms with E-state index in [1.165, 1.54) is 49.6 Å². The van der Waals surface area contributed by atoms with E-state index in [0.29, 0.717) is 0 Å². The van der Waals surface area contributed by atoms with Gasteiger partial charge in [0.2, 0.25) is 0 Å². The highest BCUT2D eigenvalue weighted by molar-refractivity contribution is 8.00. The number of nitrogens with one attached hydrogen (secondary N) is 1. The number of rotatable bonds is 7. The molecule has 1 aliphatic heterocycles. The summed E-state index contributed by atoms with van der Waals surface area (Å²) in [5.74, 6) is 3.97. The number of hydrogen-bond donors (Lipinski definition) is 1. The molecule has 0 aliphatic carbocycles. The highest BCUT2D eigenvalue weighted by Crippen LogP contribution is 2.25. The van der Waals surface area contributed by atoms with Crippen LogP contribution in [0.3, 0.4) is 0 Å². The third-order valence-electron chi connectivity index (χ3n) is 2.24. The zero-order valence-corrected chi connectivity index (χ0v) is 10.2. The minimum absolute atomic E-state index is 0.916. The maximum atomic E-state index is 3.55. The van der Waals surface area contributed by atoms with Crippen LogP contribution in [0.25, 0.3) is 0 Å². The molecule has 1 fully saturated rings. The summed E-state index contributed by atoms with van der Waals surface area (Å²) in [6, 6.07) is 0. The molecule has 0 spiro atoms. The summed E-state index contributed by atoms with van der Waals surface area (Å²) in [6.07, 6.45) is 4.19. The second kappa shape index (κ2) is 8.01. The summed E-state index contributed by atoms with van der Waals surface area (Å²) in [6.45, 7) is 4.68. The van der Waals surface area contributed by atoms with Gasteiger partial charge in [-0.2, -0.15) is 23.5 Å². The summed E-state index contributed by atoms with van der Waals surface area (Å²) >= 11 is 4.19. The van der Waals surface area contributed by atoms with Crippen molar-refractivity contribution in [3.8, 4) is 0 Å². The fourth-order valence-electron chi connectivity index (χ4n) is 1.51. The van der Waals surface area contributed by atoms with Crippen molar-refractivity contribution in [3.05, 3.63) is 0 Å². The van der Waals surface area contributed by atoms with Gasteiger partial charge in [0.1, 0.15) is 0 Å². The molecule has 3 heteroatoms. The van der Waals surface area contributed by atoms with E-state index in [9.17, 15) is 0 Å². The molecule has 0 radical (unpaired) electrons. The van der Waals surface area contributed by atoms with Crippen molar-refractivity contribution >= 4 is 23.5 Å². The zero-order valence-electron chi connectivity index (χ0n) is 8.55. The molecule has 1 atom stereocenters. The van der Waals surface area contributed by atoms with Crippen LogP contribution in [-0.2, 0) is 0 Å². The van der Waals surface area contributed by atoms with Gasteiger partial charge in [-0.3, -0.25) is 0 Å². The van der Waals surface area contributed by atoms with Crippen LogP contribution in [-0.4, -0.2) is 35.6 Å². The second-order valence-electron chi connectivity index (χ2n) is 3.39. The largest absolute Gasteiger partial charge is 0.316 e. The molecular formula is C10H21NS2. The first-order valence-electron chi connectivity index (χ1n) is 5.33. The molecule has 0 aromatic carbocycles. The maximum Gasteiger partial charge on any atom is 0.0172 e. The van der Waals surface area contributed by atoms with E-state index in [1.807, 2.05) is 11.8 Å². The lowest BCUT2D eigenvalue weighted by Crippen LogP contribution is -2.24. The molecule has 0 aromatic rings. The van der Waals surface area contributed by atoms with E-state index < -0.39 is 0 Å². The highest BCUT2D eigenvalue weighted by Gasteiger charge is 2.13. The molecule has 1 unspecified atom stereocenters. The van der Waals surface area contributed by atoms with E-state index in [0.717, 1.165) is 5.25 Å². The molecule has 78 valence electrons. The molecule has 0 amide bonds. The second-order valence-corrected chi connectivity index (χ2v) is 6.19. The quantitative estimate of drug-likeness (QED) is 0.661. The minimum Gasteiger partial charge on any atom is -0.316 e. The Kier molecular flexibility index (Phi) is 7.23. The van der Waals surface area contributed by atoms with Gasteiger partial charge < -0.3 is 5.32 Å². The van der Waals surface area contributed by atoms with Crippen molar-refractivity contribution in [2.24, 2.45) is 0 Å². The third kappa shape index (κ3) is 5.87. The van der Waals surface area contributed by atoms with Gasteiger partial charge in [-0.15, -0.1) is 0 Å². The van der Waals surface area contributed by atoms with Crippen LogP contribution in [0.2, 0.25) is 0 Å². The van der Waals surface area contributed by atoms with E-state index in [4.69, 9.17) is 0 Å². The summed E-state index contributed by atoms with van der Waals surface area (Å²) in [5, 5.41) is 4.47. The first-order valence-corrected chi connectivity index (χ1v) is 7.54. The Morgan fingerprint density at radius 3 is 3.15 bits per heavy atom. The normalized spacial score (nSPS) is 22.4. The minimum atomic E-state index is 0.916. The van der Waals surface area contributed by atoms with Crippen LogP contribution in [0, 0.1) is 0 Å². The Balaban J connectivity index is 1.78. The first-order chi connectivity index (χ1) is 6.43. The SMILES string of the molecule is CCSCCCNCC1CCCS1. The van der Waals surface area contributed by atoms with Gasteiger partial charge in [0, 0.05) is 11.8 Å². The van der Waals surface area contributed by atoms with Gasteiger partial charge in [0.25, 0.3) is 0 Å². The monoisotopic (exact) mass is 219 g/mol. The Morgan fingerprint density at radius 2 is 2.46 bits per heavy atom. The number of hydrogen-bond acceptors (Lipinski definition) is 3. The highest BCUT2D eigenvalue weighted by atomic mass is 32.2. The Hall–Kier alpha value is 0.660. The summed E-state index contributed by atoms with van der Waals surface area (Å²) in [7, 11) is 0. The van der Waals surface area contributed by atoms with Crippen molar-refractivity contribution in [3.63, 3.8) is 0 Å². The summed E-state index contributed by atoms with van der Waals surface area (Å²) in [4.78, 5) is 0. The zero-order chi connectivity index (χ0) is 9.36. The van der Waals surface area contributed by atoms with Gasteiger partial charge in [-0.05, 0) is 43.1 Å². The summed E-state index contributed by atoms with van der Waals surface area (Å²) < 4.78 is 0. The maximum absolute atomic E-state index is 3.55. The van der Waals surface area contributed by atoms with E-state index >= 15 is 0 Å². The molecule has 1 N–H and O–H groups in total. The smallest absolute Gasteiger partial charge is 0.0172 e. The first kappa shape index (κ1) is 11.7. The average Bonchev–Trinajstić information content (AvgIpc) is 2.63. The molecule has 0 saturated carbocycles. The van der Waals surface area contributed by atoms with Crippen LogP contribution in [0.15, 0.2) is 0 Å². The molecule has 1 rings (SSSR count). The molecule has 1 saturated heterocycles. The molecule has 13 heavy (non-hydrogen) atoms. The van der Waals surface area contributed by atoms with Crippen LogP contribution in [0.5, 0.6) is 0 Å². The van der Waals surface area contributed by atoms with Gasteiger partial charge in [0.15, 0.2) is 0 Å². The van der Waals surface area contributed by atoms with Gasteiger partial charge in [-0.1, -0.05) is 6.92 Å². The lowest BCUT2D eigenvalue weighted by Gasteiger charge is -2.09. The van der Waals surface area contributed by atoms with E-state index in [-0.39, 0.29) is 0 Å². The summed E-state index contributed by atoms with van der Waals surface area (Å²) in [5.41, 5.74) is 0. The predicted octanol–water partition coefficient (Wildman–Crippen LogP) is 2.61. The van der Waals surface area contributed by atoms with Crippen LogP contribution < -0.4 is 5.32 Å². The fourth-order valence-corrected chi connectivity index (χ4v) is 3.38. The Labute approximate surface area is 90.8 Å². The van der Waals surface area contributed by atoms with Crippen LogP contribution in [0.1, 0.15) is 26.2 Å². The van der Waals surface area contributed by atoms with E-state index in [2.05, 4.69) is 24.0 Å². The topological polar surface area (TPSA) is 12.0 Å². The molecule has 1 aliphatic rings. The standard InChI is InChI=1S/C10H21NS2/c1-2-12-7-4-6-11-9-10-5-3-8-13-10/h10-11H,2-9H2,1H3. The molecular weight excluding hydrogens is 198 g/mol. The lowest BCUT2D eigenvalue weighted by atomic mass is 10.2. The fraction of sp³-hybridized carbons (Fsp3) is 1.00. The van der Waals surface area contributed by atoms with Crippen molar-refractivity contribution in [2.75, 3.05) is 30.3 Å². The van der Waals surface area contributed by atoms with Gasteiger partial charge in [0.05, 0.1) is 0 Å². The van der Waals surface area contributed by atoms with Crippen LogP contribution >= 0.6 is 23.5 Å². The van der Waals surface area contributed by atoms with Gasteiger partial charge >= 0.3 is 0 Å². The third-order valence-corrected chi connectivity index (χ3v) is 4.63. The van der Waals surface area contributed by atoms with Crippen molar-refractivity contribution in [2.45, 2.75) is 31.4 Å². The van der Waals surface area contributed by atoms with Gasteiger partial charge in [-0.25, -0.2) is 0 Å². The number of thioether (sulfide) groups is 2. The molecule has 0 aromatic heterocycles. The lowest BCUT2D eigenvalue weighted by molar-refractivity contribution is 0.639. The molecule has 0 bridgehead atoms. The Bertz CT molecular complexity index is 113. The predicted molar refractivity (Wildman–Crippen MR) is 66.0 cm³/mol. The van der Waals surface area contributed by atoms with E-state index in [1.54, 1.807) is 0 Å². The van der Waals surface area contributed by atoms with Crippen LogP contribution in [0.4, 0.5) is 0 Å². The molecule has 1 nitrogen and oxygen atoms in total. The molecule has 1 heterocycles. The Morgan fingerprint density at radius 1 is 1.54 bits per heavy atom. The average molecular weight is 219 g/mol.